The normalized spacial score (nSPS) is 9.57. The van der Waals surface area contributed by atoms with Crippen LogP contribution < -0.4 is 5.32 Å². The van der Waals surface area contributed by atoms with E-state index in [1.54, 1.807) is 6.92 Å². The molecule has 14 heavy (non-hydrogen) atoms. The van der Waals surface area contributed by atoms with E-state index in [1.807, 2.05) is 0 Å². The molecule has 76 valence electrons. The number of carbonyl (C=O) groups is 2. The van der Waals surface area contributed by atoms with Gasteiger partial charge in [0.05, 0.1) is 13.3 Å². The number of aromatic nitrogens is 1. The molecule has 0 aliphatic carbocycles. The molecule has 0 fully saturated rings. The van der Waals surface area contributed by atoms with Crippen molar-refractivity contribution in [1.29, 1.82) is 0 Å². The predicted molar refractivity (Wildman–Crippen MR) is 45.6 cm³/mol. The molecule has 0 aliphatic heterocycles. The lowest BCUT2D eigenvalue weighted by molar-refractivity contribution is -0.139. The Bertz CT molecular complexity index is 345. The van der Waals surface area contributed by atoms with E-state index in [2.05, 4.69) is 15.0 Å². The Labute approximate surface area is 80.3 Å². The highest BCUT2D eigenvalue weighted by molar-refractivity contribution is 5.91. The molecule has 0 saturated heterocycles. The SMILES string of the molecule is COC(=O)CNC(=O)c1ncc(C)o1. The van der Waals surface area contributed by atoms with Crippen LogP contribution in [-0.2, 0) is 9.53 Å². The molecule has 1 rings (SSSR count). The number of methoxy groups -OCH3 is 1. The second kappa shape index (κ2) is 4.40. The van der Waals surface area contributed by atoms with Gasteiger partial charge < -0.3 is 14.5 Å². The quantitative estimate of drug-likeness (QED) is 0.685. The average molecular weight is 198 g/mol. The summed E-state index contributed by atoms with van der Waals surface area (Å²) >= 11 is 0. The highest BCUT2D eigenvalue weighted by Crippen LogP contribution is 2.00. The van der Waals surface area contributed by atoms with Gasteiger partial charge in [-0.2, -0.15) is 0 Å². The molecule has 1 N–H and O–H groups in total. The van der Waals surface area contributed by atoms with E-state index >= 15 is 0 Å². The van der Waals surface area contributed by atoms with Crippen LogP contribution in [0.4, 0.5) is 0 Å². The summed E-state index contributed by atoms with van der Waals surface area (Å²) in [4.78, 5) is 25.6. The summed E-state index contributed by atoms with van der Waals surface area (Å²) in [7, 11) is 1.24. The third-order valence-corrected chi connectivity index (χ3v) is 1.44. The first-order chi connectivity index (χ1) is 6.63. The van der Waals surface area contributed by atoms with Crippen molar-refractivity contribution >= 4 is 11.9 Å². The molecule has 6 heteroatoms. The van der Waals surface area contributed by atoms with Gasteiger partial charge in [-0.25, -0.2) is 4.98 Å². The van der Waals surface area contributed by atoms with Crippen molar-refractivity contribution in [2.24, 2.45) is 0 Å². The second-order valence-electron chi connectivity index (χ2n) is 2.53. The zero-order chi connectivity index (χ0) is 10.6. The number of nitrogens with one attached hydrogen (secondary N) is 1. The van der Waals surface area contributed by atoms with Gasteiger partial charge in [-0.3, -0.25) is 9.59 Å². The van der Waals surface area contributed by atoms with E-state index < -0.39 is 11.9 Å². The van der Waals surface area contributed by atoms with Crippen LogP contribution in [0.15, 0.2) is 10.6 Å². The summed E-state index contributed by atoms with van der Waals surface area (Å²) in [5, 5.41) is 2.29. The number of amides is 1. The minimum absolute atomic E-state index is 0.0635. The van der Waals surface area contributed by atoms with E-state index in [0.717, 1.165) is 0 Å². The number of rotatable bonds is 3. The van der Waals surface area contributed by atoms with E-state index in [0.29, 0.717) is 5.76 Å². The summed E-state index contributed by atoms with van der Waals surface area (Å²) in [6, 6.07) is 0. The van der Waals surface area contributed by atoms with Crippen LogP contribution in [0.2, 0.25) is 0 Å². The lowest BCUT2D eigenvalue weighted by atomic mass is 10.5. The van der Waals surface area contributed by atoms with Crippen molar-refractivity contribution in [2.45, 2.75) is 6.92 Å². The minimum Gasteiger partial charge on any atom is -0.468 e. The van der Waals surface area contributed by atoms with Gasteiger partial charge in [-0.15, -0.1) is 0 Å². The third-order valence-electron chi connectivity index (χ3n) is 1.44. The predicted octanol–water partition coefficient (Wildman–Crippen LogP) is -0.114. The van der Waals surface area contributed by atoms with Crippen LogP contribution in [0.1, 0.15) is 16.4 Å². The Kier molecular flexibility index (Phi) is 3.22. The molecule has 1 aromatic rings. The van der Waals surface area contributed by atoms with Gasteiger partial charge in [0.2, 0.25) is 0 Å². The number of aryl methyl sites for hydroxylation is 1. The van der Waals surface area contributed by atoms with Crippen LogP contribution in [-0.4, -0.2) is 30.5 Å². The van der Waals surface area contributed by atoms with Gasteiger partial charge in [0.15, 0.2) is 0 Å². The monoisotopic (exact) mass is 198 g/mol. The Morgan fingerprint density at radius 2 is 2.36 bits per heavy atom. The topological polar surface area (TPSA) is 81.4 Å². The Hall–Kier alpha value is -1.85. The zero-order valence-electron chi connectivity index (χ0n) is 7.86. The fraction of sp³-hybridized carbons (Fsp3) is 0.375. The largest absolute Gasteiger partial charge is 0.468 e. The summed E-state index contributed by atoms with van der Waals surface area (Å²) in [5.41, 5.74) is 0. The van der Waals surface area contributed by atoms with Crippen molar-refractivity contribution < 1.29 is 18.7 Å². The Balaban J connectivity index is 2.47. The number of ether oxygens (including phenoxy) is 1. The summed E-state index contributed by atoms with van der Waals surface area (Å²) in [6.45, 7) is 1.47. The van der Waals surface area contributed by atoms with E-state index in [4.69, 9.17) is 4.42 Å². The smallest absolute Gasteiger partial charge is 0.325 e. The highest BCUT2D eigenvalue weighted by Gasteiger charge is 2.12. The van der Waals surface area contributed by atoms with E-state index in [9.17, 15) is 9.59 Å². The molecule has 0 bridgehead atoms. The first-order valence-electron chi connectivity index (χ1n) is 3.91. The fourth-order valence-corrected chi connectivity index (χ4v) is 0.760. The van der Waals surface area contributed by atoms with Gasteiger partial charge in [-0.05, 0) is 6.92 Å². The molecule has 0 spiro atoms. The van der Waals surface area contributed by atoms with Crippen LogP contribution in [0.5, 0.6) is 0 Å². The molecular weight excluding hydrogens is 188 g/mol. The maximum atomic E-state index is 11.2. The first kappa shape index (κ1) is 10.2. The highest BCUT2D eigenvalue weighted by atomic mass is 16.5. The summed E-state index contributed by atoms with van der Waals surface area (Å²) in [6.07, 6.45) is 1.42. The molecule has 6 nitrogen and oxygen atoms in total. The standard InChI is InChI=1S/C8H10N2O4/c1-5-3-10-8(14-5)7(12)9-4-6(11)13-2/h3H,4H2,1-2H3,(H,9,12). The molecule has 0 saturated carbocycles. The Morgan fingerprint density at radius 1 is 1.64 bits per heavy atom. The summed E-state index contributed by atoms with van der Waals surface area (Å²) in [5.74, 6) is -0.593. The maximum absolute atomic E-state index is 11.2. The number of hydrogen-bond donors (Lipinski definition) is 1. The van der Waals surface area contributed by atoms with Crippen LogP contribution in [0, 0.1) is 6.92 Å². The fourth-order valence-electron chi connectivity index (χ4n) is 0.760. The van der Waals surface area contributed by atoms with Gasteiger partial charge in [-0.1, -0.05) is 0 Å². The number of nitrogens with zero attached hydrogens (tertiary/aromatic N) is 1. The third kappa shape index (κ3) is 2.58. The molecule has 0 atom stereocenters. The first-order valence-corrected chi connectivity index (χ1v) is 3.91. The number of oxazole rings is 1. The maximum Gasteiger partial charge on any atom is 0.325 e. The van der Waals surface area contributed by atoms with E-state index in [1.165, 1.54) is 13.3 Å². The van der Waals surface area contributed by atoms with Gasteiger partial charge in [0.25, 0.3) is 5.89 Å². The molecule has 1 aromatic heterocycles. The average Bonchev–Trinajstić information content (AvgIpc) is 2.60. The van der Waals surface area contributed by atoms with Crippen LogP contribution in [0.25, 0.3) is 0 Å². The van der Waals surface area contributed by atoms with Crippen LogP contribution >= 0.6 is 0 Å². The van der Waals surface area contributed by atoms with Crippen molar-refractivity contribution in [1.82, 2.24) is 10.3 Å². The van der Waals surface area contributed by atoms with Crippen molar-refractivity contribution in [2.75, 3.05) is 13.7 Å². The number of hydrogen-bond acceptors (Lipinski definition) is 5. The van der Waals surface area contributed by atoms with Gasteiger partial charge >= 0.3 is 11.9 Å². The molecule has 0 radical (unpaired) electrons. The zero-order valence-corrected chi connectivity index (χ0v) is 7.86. The van der Waals surface area contributed by atoms with Gasteiger partial charge in [0.1, 0.15) is 12.3 Å². The second-order valence-corrected chi connectivity index (χ2v) is 2.53. The molecule has 0 aliphatic rings. The lowest BCUT2D eigenvalue weighted by Gasteiger charge is -1.99. The van der Waals surface area contributed by atoms with Crippen molar-refractivity contribution in [3.8, 4) is 0 Å². The van der Waals surface area contributed by atoms with E-state index in [-0.39, 0.29) is 12.4 Å². The molecule has 1 amide bonds. The summed E-state index contributed by atoms with van der Waals surface area (Å²) < 4.78 is 9.27. The molecule has 1 heterocycles. The van der Waals surface area contributed by atoms with Crippen molar-refractivity contribution in [3.05, 3.63) is 17.8 Å². The van der Waals surface area contributed by atoms with Gasteiger partial charge in [0, 0.05) is 0 Å². The van der Waals surface area contributed by atoms with Crippen molar-refractivity contribution in [3.63, 3.8) is 0 Å². The molecular formula is C8H10N2O4. The number of esters is 1. The molecule has 0 unspecified atom stereocenters. The van der Waals surface area contributed by atoms with Crippen LogP contribution in [0.3, 0.4) is 0 Å². The minimum atomic E-state index is -0.538. The Morgan fingerprint density at radius 3 is 2.86 bits per heavy atom. The number of carbonyl (C=O) groups excluding carboxylic acids is 2. The lowest BCUT2D eigenvalue weighted by Crippen LogP contribution is -2.30. The molecule has 0 aromatic carbocycles.